The van der Waals surface area contributed by atoms with E-state index in [9.17, 15) is 4.79 Å². The predicted molar refractivity (Wildman–Crippen MR) is 91.9 cm³/mol. The van der Waals surface area contributed by atoms with Gasteiger partial charge in [-0.25, -0.2) is 4.79 Å². The molecule has 0 atom stereocenters. The predicted octanol–water partition coefficient (Wildman–Crippen LogP) is 4.98. The van der Waals surface area contributed by atoms with Crippen LogP contribution in [0.15, 0.2) is 66.8 Å². The Bertz CT molecular complexity index is 1090. The number of fused-ring (bicyclic) bond motifs is 2. The summed E-state index contributed by atoms with van der Waals surface area (Å²) in [4.78, 5) is 12.4. The van der Waals surface area contributed by atoms with E-state index in [2.05, 4.69) is 15.9 Å². The van der Waals surface area contributed by atoms with Gasteiger partial charge in [-0.05, 0) is 42.5 Å². The first-order valence-electron chi connectivity index (χ1n) is 6.95. The standard InChI is InChI=1S/C18H11BrO4/c1-21-12-3-5-17-13(8-12)15(9-22-17)14-7-10-6-11(19)2-4-16(10)23-18(14)20/h2-9H,1H3. The van der Waals surface area contributed by atoms with E-state index in [1.807, 2.05) is 36.4 Å². The van der Waals surface area contributed by atoms with Crippen molar-refractivity contribution in [3.63, 3.8) is 0 Å². The Balaban J connectivity index is 2.01. The minimum atomic E-state index is -0.398. The molecule has 0 N–H and O–H groups in total. The van der Waals surface area contributed by atoms with Crippen molar-refractivity contribution in [2.24, 2.45) is 0 Å². The molecule has 0 radical (unpaired) electrons. The van der Waals surface area contributed by atoms with Gasteiger partial charge in [0.2, 0.25) is 0 Å². The highest BCUT2D eigenvalue weighted by molar-refractivity contribution is 9.10. The van der Waals surface area contributed by atoms with Crippen molar-refractivity contribution in [1.29, 1.82) is 0 Å². The van der Waals surface area contributed by atoms with E-state index in [-0.39, 0.29) is 0 Å². The van der Waals surface area contributed by atoms with Gasteiger partial charge in [-0.15, -0.1) is 0 Å². The first kappa shape index (κ1) is 14.1. The summed E-state index contributed by atoms with van der Waals surface area (Å²) in [6.07, 6.45) is 1.57. The molecule has 2 aromatic carbocycles. The second-order valence-corrected chi connectivity index (χ2v) is 6.06. The van der Waals surface area contributed by atoms with Crippen LogP contribution in [0.1, 0.15) is 0 Å². The summed E-state index contributed by atoms with van der Waals surface area (Å²) >= 11 is 3.43. The molecule has 0 unspecified atom stereocenters. The van der Waals surface area contributed by atoms with Crippen LogP contribution in [0.3, 0.4) is 0 Å². The molecule has 2 aromatic heterocycles. The molecule has 4 rings (SSSR count). The monoisotopic (exact) mass is 370 g/mol. The molecule has 0 fully saturated rings. The summed E-state index contributed by atoms with van der Waals surface area (Å²) in [6, 6.07) is 12.8. The lowest BCUT2D eigenvalue weighted by atomic mass is 10.0. The molecule has 0 spiro atoms. The fourth-order valence-corrected chi connectivity index (χ4v) is 3.00. The van der Waals surface area contributed by atoms with Gasteiger partial charge in [0.25, 0.3) is 0 Å². The van der Waals surface area contributed by atoms with Gasteiger partial charge in [-0.3, -0.25) is 0 Å². The van der Waals surface area contributed by atoms with Crippen LogP contribution < -0.4 is 10.4 Å². The molecular weight excluding hydrogens is 360 g/mol. The Labute approximate surface area is 139 Å². The van der Waals surface area contributed by atoms with Crippen LogP contribution in [0.4, 0.5) is 0 Å². The van der Waals surface area contributed by atoms with Gasteiger partial charge >= 0.3 is 5.63 Å². The number of hydrogen-bond donors (Lipinski definition) is 0. The summed E-state index contributed by atoms with van der Waals surface area (Å²) < 4.78 is 17.1. The zero-order chi connectivity index (χ0) is 16.0. The third kappa shape index (κ3) is 2.33. The number of methoxy groups -OCH3 is 1. The second-order valence-electron chi connectivity index (χ2n) is 5.14. The molecule has 114 valence electrons. The quantitative estimate of drug-likeness (QED) is 0.467. The summed E-state index contributed by atoms with van der Waals surface area (Å²) in [6.45, 7) is 0. The highest BCUT2D eigenvalue weighted by Crippen LogP contribution is 2.33. The van der Waals surface area contributed by atoms with Crippen LogP contribution in [0.25, 0.3) is 33.1 Å². The lowest BCUT2D eigenvalue weighted by Crippen LogP contribution is -2.02. The molecule has 0 saturated carbocycles. The summed E-state index contributed by atoms with van der Waals surface area (Å²) in [5.41, 5.74) is 1.99. The number of ether oxygens (including phenoxy) is 1. The van der Waals surface area contributed by atoms with Crippen molar-refractivity contribution in [3.8, 4) is 16.9 Å². The Morgan fingerprint density at radius 2 is 1.83 bits per heavy atom. The van der Waals surface area contributed by atoms with E-state index in [1.165, 1.54) is 0 Å². The minimum Gasteiger partial charge on any atom is -0.497 e. The van der Waals surface area contributed by atoms with Crippen LogP contribution >= 0.6 is 15.9 Å². The molecule has 5 heteroatoms. The van der Waals surface area contributed by atoms with Crippen LogP contribution in [0.5, 0.6) is 5.75 Å². The fraction of sp³-hybridized carbons (Fsp3) is 0.0556. The zero-order valence-electron chi connectivity index (χ0n) is 12.1. The van der Waals surface area contributed by atoms with Gasteiger partial charge in [0.1, 0.15) is 16.9 Å². The van der Waals surface area contributed by atoms with E-state index in [4.69, 9.17) is 13.6 Å². The van der Waals surface area contributed by atoms with E-state index in [1.54, 1.807) is 19.4 Å². The first-order chi connectivity index (χ1) is 11.2. The van der Waals surface area contributed by atoms with Gasteiger partial charge in [0.05, 0.1) is 18.9 Å². The largest absolute Gasteiger partial charge is 0.497 e. The average Bonchev–Trinajstić information content (AvgIpc) is 2.97. The van der Waals surface area contributed by atoms with Crippen LogP contribution in [-0.4, -0.2) is 7.11 Å². The van der Waals surface area contributed by atoms with Crippen LogP contribution in [-0.2, 0) is 0 Å². The van der Waals surface area contributed by atoms with Crippen molar-refractivity contribution < 1.29 is 13.6 Å². The number of rotatable bonds is 2. The van der Waals surface area contributed by atoms with Gasteiger partial charge < -0.3 is 13.6 Å². The Hall–Kier alpha value is -2.53. The maximum atomic E-state index is 12.4. The van der Waals surface area contributed by atoms with Crippen molar-refractivity contribution in [3.05, 3.63) is 63.6 Å². The molecule has 0 aliphatic carbocycles. The SMILES string of the molecule is COc1ccc2occ(-c3cc4cc(Br)ccc4oc3=O)c2c1. The maximum absolute atomic E-state index is 12.4. The molecule has 0 amide bonds. The molecule has 0 aliphatic heterocycles. The molecule has 0 bridgehead atoms. The molecule has 4 nitrogen and oxygen atoms in total. The lowest BCUT2D eigenvalue weighted by Gasteiger charge is -2.02. The van der Waals surface area contributed by atoms with E-state index in [0.29, 0.717) is 28.0 Å². The topological polar surface area (TPSA) is 52.6 Å². The Morgan fingerprint density at radius 1 is 1.00 bits per heavy atom. The Morgan fingerprint density at radius 3 is 2.65 bits per heavy atom. The second kappa shape index (κ2) is 5.28. The van der Waals surface area contributed by atoms with Crippen LogP contribution in [0, 0.1) is 0 Å². The summed E-state index contributed by atoms with van der Waals surface area (Å²) in [7, 11) is 1.60. The minimum absolute atomic E-state index is 0.398. The molecule has 23 heavy (non-hydrogen) atoms. The van der Waals surface area contributed by atoms with Gasteiger partial charge in [-0.1, -0.05) is 15.9 Å². The fourth-order valence-electron chi connectivity index (χ4n) is 2.63. The Kier molecular flexibility index (Phi) is 3.23. The van der Waals surface area contributed by atoms with E-state index < -0.39 is 5.63 Å². The van der Waals surface area contributed by atoms with E-state index in [0.717, 1.165) is 15.2 Å². The van der Waals surface area contributed by atoms with Crippen molar-refractivity contribution in [2.75, 3.05) is 7.11 Å². The maximum Gasteiger partial charge on any atom is 0.344 e. The van der Waals surface area contributed by atoms with Gasteiger partial charge in [0, 0.05) is 20.8 Å². The van der Waals surface area contributed by atoms with E-state index >= 15 is 0 Å². The summed E-state index contributed by atoms with van der Waals surface area (Å²) in [5, 5.41) is 1.65. The normalized spacial score (nSPS) is 11.2. The third-order valence-corrected chi connectivity index (χ3v) is 4.26. The first-order valence-corrected chi connectivity index (χ1v) is 7.74. The number of furan rings is 1. The molecular formula is C18H11BrO4. The lowest BCUT2D eigenvalue weighted by molar-refractivity contribution is 0.415. The van der Waals surface area contributed by atoms with Crippen molar-refractivity contribution in [1.82, 2.24) is 0 Å². The van der Waals surface area contributed by atoms with Crippen molar-refractivity contribution in [2.45, 2.75) is 0 Å². The molecule has 0 aliphatic rings. The van der Waals surface area contributed by atoms with Gasteiger partial charge in [0.15, 0.2) is 0 Å². The smallest absolute Gasteiger partial charge is 0.344 e. The number of benzene rings is 2. The number of hydrogen-bond acceptors (Lipinski definition) is 4. The molecule has 2 heterocycles. The highest BCUT2D eigenvalue weighted by atomic mass is 79.9. The van der Waals surface area contributed by atoms with Gasteiger partial charge in [-0.2, -0.15) is 0 Å². The number of halogens is 1. The molecule has 4 aromatic rings. The average molecular weight is 371 g/mol. The molecule has 0 saturated heterocycles. The van der Waals surface area contributed by atoms with Crippen molar-refractivity contribution >= 4 is 37.9 Å². The van der Waals surface area contributed by atoms with Crippen LogP contribution in [0.2, 0.25) is 0 Å². The third-order valence-electron chi connectivity index (χ3n) is 3.77. The zero-order valence-corrected chi connectivity index (χ0v) is 13.7. The summed E-state index contributed by atoms with van der Waals surface area (Å²) in [5.74, 6) is 0.702. The highest BCUT2D eigenvalue weighted by Gasteiger charge is 2.14.